The van der Waals surface area contributed by atoms with Gasteiger partial charge in [-0.25, -0.2) is 4.68 Å². The maximum atomic E-state index is 4.49. The number of rotatable bonds is 5. The van der Waals surface area contributed by atoms with Crippen LogP contribution < -0.4 is 5.32 Å². The molecule has 2 heterocycles. The van der Waals surface area contributed by atoms with Crippen LogP contribution in [0.15, 0.2) is 42.7 Å². The fraction of sp³-hybridized carbons (Fsp3) is 0.333. The standard InChI is InChI=1S/C18H23N5/c1-13(18-14(2)21-22(4)15(18)3)19-10-16-11-20-23(12-16)17-8-6-5-7-9-17/h5-9,11-13,19H,10H2,1-4H3. The molecular weight excluding hydrogens is 286 g/mol. The first-order valence-corrected chi connectivity index (χ1v) is 7.88. The van der Waals surface area contributed by atoms with E-state index in [1.165, 1.54) is 16.8 Å². The second-order valence-electron chi connectivity index (χ2n) is 5.94. The molecule has 2 aromatic heterocycles. The third-order valence-corrected chi connectivity index (χ3v) is 4.27. The Balaban J connectivity index is 1.68. The summed E-state index contributed by atoms with van der Waals surface area (Å²) in [6.45, 7) is 7.13. The van der Waals surface area contributed by atoms with Gasteiger partial charge in [-0.3, -0.25) is 4.68 Å². The first-order valence-electron chi connectivity index (χ1n) is 7.88. The Morgan fingerprint density at radius 3 is 2.57 bits per heavy atom. The third-order valence-electron chi connectivity index (χ3n) is 4.27. The molecule has 1 atom stereocenters. The number of aromatic nitrogens is 4. The van der Waals surface area contributed by atoms with E-state index in [2.05, 4.69) is 54.6 Å². The summed E-state index contributed by atoms with van der Waals surface area (Å²) in [6.07, 6.45) is 3.98. The van der Waals surface area contributed by atoms with E-state index in [0.29, 0.717) is 0 Å². The Morgan fingerprint density at radius 2 is 1.91 bits per heavy atom. The average molecular weight is 309 g/mol. The van der Waals surface area contributed by atoms with Crippen LogP contribution in [0.1, 0.15) is 35.5 Å². The van der Waals surface area contributed by atoms with E-state index in [1.807, 2.05) is 40.8 Å². The van der Waals surface area contributed by atoms with Crippen LogP contribution in [0.5, 0.6) is 0 Å². The van der Waals surface area contributed by atoms with Gasteiger partial charge in [-0.05, 0) is 32.9 Å². The van der Waals surface area contributed by atoms with Gasteiger partial charge in [0.05, 0.1) is 17.6 Å². The van der Waals surface area contributed by atoms with Gasteiger partial charge in [0.2, 0.25) is 0 Å². The molecule has 3 rings (SSSR count). The third kappa shape index (κ3) is 3.19. The number of hydrogen-bond donors (Lipinski definition) is 1. The van der Waals surface area contributed by atoms with Crippen molar-refractivity contribution in [2.24, 2.45) is 7.05 Å². The summed E-state index contributed by atoms with van der Waals surface area (Å²) < 4.78 is 3.85. The fourth-order valence-corrected chi connectivity index (χ4v) is 2.96. The summed E-state index contributed by atoms with van der Waals surface area (Å²) in [5.41, 5.74) is 5.82. The fourth-order valence-electron chi connectivity index (χ4n) is 2.96. The molecule has 1 N–H and O–H groups in total. The molecule has 23 heavy (non-hydrogen) atoms. The number of nitrogens with one attached hydrogen (secondary N) is 1. The zero-order chi connectivity index (χ0) is 16.4. The van der Waals surface area contributed by atoms with E-state index in [-0.39, 0.29) is 6.04 Å². The van der Waals surface area contributed by atoms with E-state index in [0.717, 1.165) is 17.9 Å². The van der Waals surface area contributed by atoms with Gasteiger partial charge in [-0.1, -0.05) is 18.2 Å². The summed E-state index contributed by atoms with van der Waals surface area (Å²) >= 11 is 0. The second kappa shape index (κ2) is 6.38. The lowest BCUT2D eigenvalue weighted by Crippen LogP contribution is -2.19. The van der Waals surface area contributed by atoms with Crippen molar-refractivity contribution in [1.29, 1.82) is 0 Å². The Morgan fingerprint density at radius 1 is 1.17 bits per heavy atom. The van der Waals surface area contributed by atoms with Crippen LogP contribution in [0.25, 0.3) is 5.69 Å². The van der Waals surface area contributed by atoms with Crippen LogP contribution in [0.3, 0.4) is 0 Å². The molecule has 0 amide bonds. The van der Waals surface area contributed by atoms with E-state index >= 15 is 0 Å². The zero-order valence-electron chi connectivity index (χ0n) is 14.1. The van der Waals surface area contributed by atoms with Gasteiger partial charge in [-0.15, -0.1) is 0 Å². The number of benzene rings is 1. The smallest absolute Gasteiger partial charge is 0.0645 e. The van der Waals surface area contributed by atoms with Gasteiger partial charge in [0.1, 0.15) is 0 Å². The molecule has 1 aromatic carbocycles. The number of nitrogens with zero attached hydrogens (tertiary/aromatic N) is 4. The Hall–Kier alpha value is -2.40. The lowest BCUT2D eigenvalue weighted by molar-refractivity contribution is 0.568. The largest absolute Gasteiger partial charge is 0.306 e. The van der Waals surface area contributed by atoms with Gasteiger partial charge in [-0.2, -0.15) is 10.2 Å². The van der Waals surface area contributed by atoms with E-state index in [1.54, 1.807) is 0 Å². The van der Waals surface area contributed by atoms with Crippen molar-refractivity contribution in [1.82, 2.24) is 24.9 Å². The molecule has 0 aliphatic carbocycles. The first-order chi connectivity index (χ1) is 11.1. The first kappa shape index (κ1) is 15.5. The molecule has 0 saturated heterocycles. The predicted molar refractivity (Wildman–Crippen MR) is 91.5 cm³/mol. The molecule has 0 fully saturated rings. The van der Waals surface area contributed by atoms with Gasteiger partial charge in [0.15, 0.2) is 0 Å². The van der Waals surface area contributed by atoms with E-state index in [9.17, 15) is 0 Å². The van der Waals surface area contributed by atoms with Crippen molar-refractivity contribution in [2.45, 2.75) is 33.4 Å². The van der Waals surface area contributed by atoms with E-state index in [4.69, 9.17) is 0 Å². The quantitative estimate of drug-likeness (QED) is 0.788. The van der Waals surface area contributed by atoms with Crippen molar-refractivity contribution < 1.29 is 0 Å². The highest BCUT2D eigenvalue weighted by molar-refractivity contribution is 5.31. The zero-order valence-corrected chi connectivity index (χ0v) is 14.1. The van der Waals surface area contributed by atoms with Gasteiger partial charge < -0.3 is 5.32 Å². The Kier molecular flexibility index (Phi) is 4.30. The van der Waals surface area contributed by atoms with Crippen LogP contribution in [0.2, 0.25) is 0 Å². The SMILES string of the molecule is Cc1nn(C)c(C)c1C(C)NCc1cnn(-c2ccccc2)c1. The molecular formula is C18H23N5. The average Bonchev–Trinajstić information content (AvgIpc) is 3.11. The second-order valence-corrected chi connectivity index (χ2v) is 5.94. The Bertz CT molecular complexity index is 785. The molecule has 0 bridgehead atoms. The minimum Gasteiger partial charge on any atom is -0.306 e. The van der Waals surface area contributed by atoms with E-state index < -0.39 is 0 Å². The van der Waals surface area contributed by atoms with Gasteiger partial charge in [0.25, 0.3) is 0 Å². The predicted octanol–water partition coefficient (Wildman–Crippen LogP) is 3.07. The van der Waals surface area contributed by atoms with Crippen LogP contribution >= 0.6 is 0 Å². The topological polar surface area (TPSA) is 47.7 Å². The molecule has 1 unspecified atom stereocenters. The van der Waals surface area contributed by atoms with Crippen molar-refractivity contribution >= 4 is 0 Å². The summed E-state index contributed by atoms with van der Waals surface area (Å²) in [4.78, 5) is 0. The van der Waals surface area contributed by atoms with Crippen molar-refractivity contribution in [3.8, 4) is 5.69 Å². The van der Waals surface area contributed by atoms with Crippen LogP contribution in [0.4, 0.5) is 0 Å². The molecule has 0 saturated carbocycles. The number of aryl methyl sites for hydroxylation is 2. The Labute approximate surface area is 136 Å². The molecule has 0 spiro atoms. The monoisotopic (exact) mass is 309 g/mol. The van der Waals surface area contributed by atoms with Gasteiger partial charge in [0, 0.05) is 42.7 Å². The number of para-hydroxylation sites is 1. The molecule has 0 aliphatic rings. The summed E-state index contributed by atoms with van der Waals surface area (Å²) in [5.74, 6) is 0. The lowest BCUT2D eigenvalue weighted by Gasteiger charge is -2.14. The van der Waals surface area contributed by atoms with Gasteiger partial charge >= 0.3 is 0 Å². The lowest BCUT2D eigenvalue weighted by atomic mass is 10.1. The number of hydrogen-bond acceptors (Lipinski definition) is 3. The highest BCUT2D eigenvalue weighted by Crippen LogP contribution is 2.21. The minimum atomic E-state index is 0.253. The molecule has 0 aliphatic heterocycles. The molecule has 5 heteroatoms. The van der Waals surface area contributed by atoms with Crippen molar-refractivity contribution in [2.75, 3.05) is 0 Å². The minimum absolute atomic E-state index is 0.253. The molecule has 5 nitrogen and oxygen atoms in total. The van der Waals surface area contributed by atoms with Crippen LogP contribution in [-0.4, -0.2) is 19.6 Å². The van der Waals surface area contributed by atoms with Crippen LogP contribution in [-0.2, 0) is 13.6 Å². The molecule has 120 valence electrons. The van der Waals surface area contributed by atoms with Crippen LogP contribution in [0, 0.1) is 13.8 Å². The normalized spacial score (nSPS) is 12.5. The molecule has 0 radical (unpaired) electrons. The summed E-state index contributed by atoms with van der Waals surface area (Å²) in [7, 11) is 1.99. The maximum absolute atomic E-state index is 4.49. The van der Waals surface area contributed by atoms with Crippen molar-refractivity contribution in [3.05, 3.63) is 65.2 Å². The van der Waals surface area contributed by atoms with Crippen molar-refractivity contribution in [3.63, 3.8) is 0 Å². The maximum Gasteiger partial charge on any atom is 0.0645 e. The molecule has 3 aromatic rings. The highest BCUT2D eigenvalue weighted by atomic mass is 15.3. The summed E-state index contributed by atoms with van der Waals surface area (Å²) in [6, 6.07) is 10.4. The highest BCUT2D eigenvalue weighted by Gasteiger charge is 2.15. The summed E-state index contributed by atoms with van der Waals surface area (Å²) in [5, 5.41) is 12.5.